The van der Waals surface area contributed by atoms with Crippen LogP contribution in [0.3, 0.4) is 0 Å². The van der Waals surface area contributed by atoms with E-state index in [0.717, 1.165) is 37.8 Å². The Morgan fingerprint density at radius 2 is 2.00 bits per heavy atom. The molecule has 0 unspecified atom stereocenters. The molecular formula is C18H23N3O3S3. The number of hydrogen-bond donors (Lipinski definition) is 0. The van der Waals surface area contributed by atoms with Crippen LogP contribution in [-0.2, 0) is 10.0 Å². The fourth-order valence-electron chi connectivity index (χ4n) is 4.21. The van der Waals surface area contributed by atoms with Crippen LogP contribution < -0.4 is 0 Å². The molecular weight excluding hydrogens is 402 g/mol. The second-order valence-electron chi connectivity index (χ2n) is 7.50. The van der Waals surface area contributed by atoms with Crippen molar-refractivity contribution in [2.45, 2.75) is 36.8 Å². The summed E-state index contributed by atoms with van der Waals surface area (Å²) in [5, 5.41) is 3.62. The molecule has 27 heavy (non-hydrogen) atoms. The predicted octanol–water partition coefficient (Wildman–Crippen LogP) is 3.22. The van der Waals surface area contributed by atoms with Crippen LogP contribution in [0.5, 0.6) is 0 Å². The van der Waals surface area contributed by atoms with Gasteiger partial charge in [0, 0.05) is 31.6 Å². The van der Waals surface area contributed by atoms with Gasteiger partial charge in [0.05, 0.1) is 5.51 Å². The molecule has 0 radical (unpaired) electrons. The van der Waals surface area contributed by atoms with Crippen molar-refractivity contribution in [2.24, 2.45) is 5.41 Å². The number of sulfonamides is 1. The molecule has 0 saturated carbocycles. The highest BCUT2D eigenvalue weighted by Crippen LogP contribution is 2.41. The highest BCUT2D eigenvalue weighted by molar-refractivity contribution is 7.91. The fraction of sp³-hybridized carbons (Fsp3) is 0.556. The summed E-state index contributed by atoms with van der Waals surface area (Å²) < 4.78 is 28.0. The van der Waals surface area contributed by atoms with E-state index in [0.29, 0.717) is 29.5 Å². The van der Waals surface area contributed by atoms with Crippen LogP contribution in [0, 0.1) is 12.3 Å². The number of nitrogens with zero attached hydrogens (tertiary/aromatic N) is 3. The zero-order chi connectivity index (χ0) is 19.1. The molecule has 2 fully saturated rings. The summed E-state index contributed by atoms with van der Waals surface area (Å²) in [6, 6.07) is 1.85. The Kier molecular flexibility index (Phi) is 5.13. The van der Waals surface area contributed by atoms with Crippen LogP contribution in [-0.4, -0.2) is 54.7 Å². The molecule has 4 heterocycles. The number of carbonyl (C=O) groups is 1. The van der Waals surface area contributed by atoms with Gasteiger partial charge in [-0.05, 0) is 55.0 Å². The number of thiazole rings is 1. The van der Waals surface area contributed by atoms with Gasteiger partial charge in [-0.2, -0.15) is 4.31 Å². The van der Waals surface area contributed by atoms with Crippen molar-refractivity contribution in [3.8, 4) is 0 Å². The number of aromatic nitrogens is 1. The van der Waals surface area contributed by atoms with E-state index in [-0.39, 0.29) is 11.3 Å². The number of amides is 1. The van der Waals surface area contributed by atoms with E-state index in [9.17, 15) is 13.2 Å². The Hall–Kier alpha value is -1.29. The number of hydrogen-bond acceptors (Lipinski definition) is 6. The first-order valence-electron chi connectivity index (χ1n) is 9.13. The van der Waals surface area contributed by atoms with Crippen molar-refractivity contribution in [1.29, 1.82) is 0 Å². The molecule has 0 bridgehead atoms. The quantitative estimate of drug-likeness (QED) is 0.757. The summed E-state index contributed by atoms with van der Waals surface area (Å²) in [5.41, 5.74) is 3.05. The van der Waals surface area contributed by atoms with Crippen LogP contribution in [0.2, 0.25) is 0 Å². The lowest BCUT2D eigenvalue weighted by atomic mass is 9.73. The van der Waals surface area contributed by atoms with Crippen LogP contribution in [0.15, 0.2) is 26.5 Å². The van der Waals surface area contributed by atoms with Gasteiger partial charge in [0.15, 0.2) is 0 Å². The predicted molar refractivity (Wildman–Crippen MR) is 107 cm³/mol. The maximum Gasteiger partial charge on any atom is 0.273 e. The summed E-state index contributed by atoms with van der Waals surface area (Å²) in [5.74, 6) is -0.000383. The number of aryl methyl sites for hydroxylation is 1. The van der Waals surface area contributed by atoms with Gasteiger partial charge in [0.25, 0.3) is 15.9 Å². The third kappa shape index (κ3) is 3.57. The molecule has 2 saturated heterocycles. The van der Waals surface area contributed by atoms with Gasteiger partial charge >= 0.3 is 0 Å². The van der Waals surface area contributed by atoms with E-state index in [2.05, 4.69) is 4.98 Å². The lowest BCUT2D eigenvalue weighted by Crippen LogP contribution is -2.52. The molecule has 9 heteroatoms. The zero-order valence-corrected chi connectivity index (χ0v) is 17.7. The third-order valence-corrected chi connectivity index (χ3v) is 9.92. The molecule has 146 valence electrons. The van der Waals surface area contributed by atoms with Crippen molar-refractivity contribution in [2.75, 3.05) is 26.2 Å². The van der Waals surface area contributed by atoms with Gasteiger partial charge in [-0.25, -0.2) is 13.4 Å². The van der Waals surface area contributed by atoms with Crippen LogP contribution >= 0.6 is 22.7 Å². The minimum absolute atomic E-state index is 0.000383. The Morgan fingerprint density at radius 1 is 1.22 bits per heavy atom. The molecule has 0 atom stereocenters. The second-order valence-corrected chi connectivity index (χ2v) is 11.3. The maximum absolute atomic E-state index is 12.9. The van der Waals surface area contributed by atoms with Gasteiger partial charge < -0.3 is 4.90 Å². The van der Waals surface area contributed by atoms with Gasteiger partial charge in [-0.3, -0.25) is 4.79 Å². The molecule has 6 nitrogen and oxygen atoms in total. The number of piperidine rings is 2. The highest BCUT2D eigenvalue weighted by atomic mass is 32.2. The monoisotopic (exact) mass is 425 g/mol. The van der Waals surface area contributed by atoms with Crippen LogP contribution in [0.4, 0.5) is 0 Å². The number of likely N-dealkylation sites (tertiary alicyclic amines) is 1. The molecule has 1 amide bonds. The zero-order valence-electron chi connectivity index (χ0n) is 15.3. The Labute approximate surface area is 167 Å². The highest BCUT2D eigenvalue weighted by Gasteiger charge is 2.42. The normalized spacial score (nSPS) is 20.9. The van der Waals surface area contributed by atoms with Gasteiger partial charge in [0.1, 0.15) is 9.90 Å². The second kappa shape index (κ2) is 7.27. The fourth-order valence-corrected chi connectivity index (χ4v) is 7.73. The molecule has 2 aliphatic rings. The molecule has 0 aliphatic carbocycles. The first-order chi connectivity index (χ1) is 12.9. The number of carbonyl (C=O) groups excluding carboxylic acids is 1. The summed E-state index contributed by atoms with van der Waals surface area (Å²) in [6.07, 6.45) is 3.63. The van der Waals surface area contributed by atoms with E-state index in [1.165, 1.54) is 22.7 Å². The molecule has 2 aromatic heterocycles. The summed E-state index contributed by atoms with van der Waals surface area (Å²) in [6.45, 7) is 4.36. The summed E-state index contributed by atoms with van der Waals surface area (Å²) >= 11 is 2.72. The maximum atomic E-state index is 12.9. The van der Waals surface area contributed by atoms with E-state index in [1.807, 2.05) is 23.3 Å². The summed E-state index contributed by atoms with van der Waals surface area (Å²) in [7, 11) is -3.41. The molecule has 4 rings (SSSR count). The first-order valence-corrected chi connectivity index (χ1v) is 12.4. The van der Waals surface area contributed by atoms with Gasteiger partial charge in [0.2, 0.25) is 0 Å². The van der Waals surface area contributed by atoms with E-state index < -0.39 is 10.0 Å². The Bertz CT molecular complexity index is 913. The van der Waals surface area contributed by atoms with Crippen molar-refractivity contribution in [3.63, 3.8) is 0 Å². The largest absolute Gasteiger partial charge is 0.337 e. The smallest absolute Gasteiger partial charge is 0.273 e. The van der Waals surface area contributed by atoms with Crippen molar-refractivity contribution < 1.29 is 13.2 Å². The Morgan fingerprint density at radius 3 is 2.63 bits per heavy atom. The molecule has 0 aromatic carbocycles. The summed E-state index contributed by atoms with van der Waals surface area (Å²) in [4.78, 5) is 18.7. The number of rotatable bonds is 3. The Balaban J connectivity index is 1.45. The van der Waals surface area contributed by atoms with Crippen molar-refractivity contribution in [1.82, 2.24) is 14.2 Å². The van der Waals surface area contributed by atoms with Crippen molar-refractivity contribution >= 4 is 38.6 Å². The topological polar surface area (TPSA) is 70.6 Å². The molecule has 0 N–H and O–H groups in total. The minimum atomic E-state index is -3.41. The lowest BCUT2D eigenvalue weighted by Gasteiger charge is -2.47. The number of thiophene rings is 1. The van der Waals surface area contributed by atoms with E-state index in [1.54, 1.807) is 15.2 Å². The molecule has 2 aliphatic heterocycles. The SMILES string of the molecule is Cc1ccsc1S(=O)(=O)N1CCC2(CCCN(C(=O)c3cscn3)C2)CC1. The van der Waals surface area contributed by atoms with E-state index >= 15 is 0 Å². The van der Waals surface area contributed by atoms with Gasteiger partial charge in [-0.1, -0.05) is 0 Å². The average molecular weight is 426 g/mol. The standard InChI is InChI=1S/C18H23N3O3S3/c1-14-3-10-26-17(14)27(23,24)21-8-5-18(6-9-21)4-2-7-20(12-18)16(22)15-11-25-13-19-15/h3,10-11,13H,2,4-9,12H2,1H3. The third-order valence-electron chi connectivity index (χ3n) is 5.77. The first kappa shape index (κ1) is 19.0. The lowest BCUT2D eigenvalue weighted by molar-refractivity contribution is 0.0328. The molecule has 2 aromatic rings. The van der Waals surface area contributed by atoms with Crippen LogP contribution in [0.25, 0.3) is 0 Å². The van der Waals surface area contributed by atoms with Gasteiger partial charge in [-0.15, -0.1) is 22.7 Å². The van der Waals surface area contributed by atoms with Crippen LogP contribution in [0.1, 0.15) is 41.7 Å². The molecule has 1 spiro atoms. The average Bonchev–Trinajstić information content (AvgIpc) is 3.33. The minimum Gasteiger partial charge on any atom is -0.337 e. The van der Waals surface area contributed by atoms with Crippen molar-refractivity contribution in [3.05, 3.63) is 33.6 Å². The van der Waals surface area contributed by atoms with E-state index in [4.69, 9.17) is 0 Å².